The van der Waals surface area contributed by atoms with Crippen LogP contribution >= 0.6 is 27.7 Å². The summed E-state index contributed by atoms with van der Waals surface area (Å²) in [5, 5.41) is 3.17. The molecule has 4 heteroatoms. The van der Waals surface area contributed by atoms with Crippen molar-refractivity contribution in [2.45, 2.75) is 4.90 Å². The van der Waals surface area contributed by atoms with Crippen LogP contribution in [0.25, 0.3) is 10.8 Å². The Bertz CT molecular complexity index is 996. The van der Waals surface area contributed by atoms with Gasteiger partial charge in [-0.3, -0.25) is 4.79 Å². The lowest BCUT2D eigenvalue weighted by Crippen LogP contribution is -2.11. The van der Waals surface area contributed by atoms with Gasteiger partial charge in [-0.25, -0.2) is 0 Å². The van der Waals surface area contributed by atoms with Crippen LogP contribution in [0.5, 0.6) is 0 Å². The van der Waals surface area contributed by atoms with Crippen molar-refractivity contribution in [2.24, 2.45) is 0 Å². The van der Waals surface area contributed by atoms with E-state index >= 15 is 0 Å². The highest BCUT2D eigenvalue weighted by Gasteiger charge is 2.23. The molecule has 0 atom stereocenters. The van der Waals surface area contributed by atoms with Crippen molar-refractivity contribution < 1.29 is 4.79 Å². The molecule has 0 spiro atoms. The molecule has 24 heavy (non-hydrogen) atoms. The van der Waals surface area contributed by atoms with E-state index in [9.17, 15) is 4.79 Å². The molecule has 2 nitrogen and oxygen atoms in total. The fourth-order valence-electron chi connectivity index (χ4n) is 2.80. The number of thioether (sulfide) groups is 1. The lowest BCUT2D eigenvalue weighted by molar-refractivity contribution is 0.104. The van der Waals surface area contributed by atoms with Gasteiger partial charge in [0.2, 0.25) is 0 Å². The molecule has 0 fully saturated rings. The van der Waals surface area contributed by atoms with Crippen molar-refractivity contribution in [1.82, 2.24) is 0 Å². The Morgan fingerprint density at radius 3 is 2.67 bits per heavy atom. The normalized spacial score (nSPS) is 15.1. The summed E-state index contributed by atoms with van der Waals surface area (Å²) in [5.41, 5.74) is 1.83. The quantitative estimate of drug-likeness (QED) is 0.399. The summed E-state index contributed by atoms with van der Waals surface area (Å²) in [6.07, 6.45) is 1.72. The Morgan fingerprint density at radius 2 is 1.83 bits per heavy atom. The van der Waals surface area contributed by atoms with Crippen LogP contribution in [-0.2, 0) is 0 Å². The number of carbonyl (C=O) groups is 1. The van der Waals surface area contributed by atoms with Crippen molar-refractivity contribution >= 4 is 49.9 Å². The van der Waals surface area contributed by atoms with E-state index < -0.39 is 0 Å². The Labute approximate surface area is 153 Å². The molecule has 0 radical (unpaired) electrons. The molecule has 1 heterocycles. The monoisotopic (exact) mass is 395 g/mol. The summed E-state index contributed by atoms with van der Waals surface area (Å²) < 4.78 is 1.04. The van der Waals surface area contributed by atoms with Gasteiger partial charge in [0.05, 0.1) is 10.7 Å². The van der Waals surface area contributed by atoms with Crippen molar-refractivity contribution in [2.75, 3.05) is 11.9 Å². The van der Waals surface area contributed by atoms with Crippen LogP contribution in [0.1, 0.15) is 10.4 Å². The average Bonchev–Trinajstić information content (AvgIpc) is 2.90. The molecule has 118 valence electrons. The standard InChI is InChI=1S/C20H14BrNOS/c1-22-17-11-16(21)8-9-19(17)24-20(22)12-18(23)15-7-6-13-4-2-3-5-14(13)10-15/h2-12H,1H3. The van der Waals surface area contributed by atoms with E-state index in [2.05, 4.69) is 39.0 Å². The van der Waals surface area contributed by atoms with Crippen molar-refractivity contribution in [3.63, 3.8) is 0 Å². The Hall–Kier alpha value is -2.04. The van der Waals surface area contributed by atoms with Gasteiger partial charge in [-0.1, -0.05) is 64.1 Å². The highest BCUT2D eigenvalue weighted by Crippen LogP contribution is 2.46. The van der Waals surface area contributed by atoms with Crippen LogP contribution < -0.4 is 4.90 Å². The van der Waals surface area contributed by atoms with Crippen LogP contribution in [0.3, 0.4) is 0 Å². The van der Waals surface area contributed by atoms with Gasteiger partial charge in [0.15, 0.2) is 5.78 Å². The molecule has 3 aromatic rings. The summed E-state index contributed by atoms with van der Waals surface area (Å²) in [7, 11) is 1.99. The van der Waals surface area contributed by atoms with E-state index in [1.165, 1.54) is 4.90 Å². The maximum absolute atomic E-state index is 12.7. The van der Waals surface area contributed by atoms with Crippen LogP contribution in [0, 0.1) is 0 Å². The van der Waals surface area contributed by atoms with Crippen LogP contribution in [0.4, 0.5) is 5.69 Å². The molecular formula is C20H14BrNOS. The number of nitrogens with zero attached hydrogens (tertiary/aromatic N) is 1. The minimum absolute atomic E-state index is 0.0296. The lowest BCUT2D eigenvalue weighted by Gasteiger charge is -2.13. The van der Waals surface area contributed by atoms with Crippen LogP contribution in [0.15, 0.2) is 81.1 Å². The number of rotatable bonds is 2. The summed E-state index contributed by atoms with van der Waals surface area (Å²) in [6, 6.07) is 20.1. The summed E-state index contributed by atoms with van der Waals surface area (Å²) in [5.74, 6) is 0.0296. The molecule has 0 aliphatic carbocycles. The number of halogens is 1. The Kier molecular flexibility index (Phi) is 3.94. The van der Waals surface area contributed by atoms with E-state index in [0.717, 1.165) is 26.0 Å². The second kappa shape index (κ2) is 6.11. The number of carbonyl (C=O) groups excluding carboxylic acids is 1. The fraction of sp³-hybridized carbons (Fsp3) is 0.0500. The molecular weight excluding hydrogens is 382 g/mol. The number of benzene rings is 3. The third kappa shape index (κ3) is 2.76. The molecule has 0 saturated carbocycles. The number of ketones is 1. The number of anilines is 1. The van der Waals surface area contributed by atoms with Crippen molar-refractivity contribution in [3.8, 4) is 0 Å². The first-order chi connectivity index (χ1) is 11.6. The average molecular weight is 396 g/mol. The molecule has 0 amide bonds. The highest BCUT2D eigenvalue weighted by atomic mass is 79.9. The van der Waals surface area contributed by atoms with E-state index in [1.54, 1.807) is 17.8 Å². The van der Waals surface area contributed by atoms with Gasteiger partial charge in [-0.15, -0.1) is 0 Å². The molecule has 0 N–H and O–H groups in total. The number of hydrogen-bond acceptors (Lipinski definition) is 3. The Morgan fingerprint density at radius 1 is 1.04 bits per heavy atom. The first-order valence-electron chi connectivity index (χ1n) is 7.58. The molecule has 3 aromatic carbocycles. The second-order valence-corrected chi connectivity index (χ2v) is 7.66. The predicted molar refractivity (Wildman–Crippen MR) is 105 cm³/mol. The van der Waals surface area contributed by atoms with Gasteiger partial charge in [-0.05, 0) is 35.0 Å². The molecule has 0 saturated heterocycles. The molecule has 1 aliphatic heterocycles. The van der Waals surface area contributed by atoms with Gasteiger partial charge in [0.25, 0.3) is 0 Å². The van der Waals surface area contributed by atoms with Crippen LogP contribution in [-0.4, -0.2) is 12.8 Å². The van der Waals surface area contributed by atoms with Gasteiger partial charge in [-0.2, -0.15) is 0 Å². The Balaban J connectivity index is 1.66. The third-order valence-electron chi connectivity index (χ3n) is 4.12. The first-order valence-corrected chi connectivity index (χ1v) is 9.19. The van der Waals surface area contributed by atoms with E-state index in [-0.39, 0.29) is 5.78 Å². The van der Waals surface area contributed by atoms with E-state index in [1.807, 2.05) is 49.5 Å². The number of hydrogen-bond donors (Lipinski definition) is 0. The molecule has 0 aromatic heterocycles. The largest absolute Gasteiger partial charge is 0.338 e. The highest BCUT2D eigenvalue weighted by molar-refractivity contribution is 9.10. The van der Waals surface area contributed by atoms with Gasteiger partial charge in [0, 0.05) is 28.1 Å². The molecule has 4 rings (SSSR count). The zero-order valence-corrected chi connectivity index (χ0v) is 15.4. The minimum Gasteiger partial charge on any atom is -0.338 e. The van der Waals surface area contributed by atoms with Gasteiger partial charge in [0.1, 0.15) is 0 Å². The zero-order valence-electron chi connectivity index (χ0n) is 13.0. The zero-order chi connectivity index (χ0) is 16.7. The fourth-order valence-corrected chi connectivity index (χ4v) is 4.22. The van der Waals surface area contributed by atoms with Crippen LogP contribution in [0.2, 0.25) is 0 Å². The van der Waals surface area contributed by atoms with Crippen molar-refractivity contribution in [3.05, 3.63) is 81.8 Å². The van der Waals surface area contributed by atoms with Crippen molar-refractivity contribution in [1.29, 1.82) is 0 Å². The number of fused-ring (bicyclic) bond motifs is 2. The van der Waals surface area contributed by atoms with Gasteiger partial charge < -0.3 is 4.90 Å². The molecule has 0 unspecified atom stereocenters. The third-order valence-corrected chi connectivity index (χ3v) is 5.78. The summed E-state index contributed by atoms with van der Waals surface area (Å²) >= 11 is 5.13. The SMILES string of the molecule is CN1C(=CC(=O)c2ccc3ccccc3c2)Sc2ccc(Br)cc21. The first kappa shape index (κ1) is 15.5. The molecule has 1 aliphatic rings. The maximum atomic E-state index is 12.7. The smallest absolute Gasteiger partial charge is 0.188 e. The topological polar surface area (TPSA) is 20.3 Å². The van der Waals surface area contributed by atoms with E-state index in [0.29, 0.717) is 5.56 Å². The molecule has 0 bridgehead atoms. The predicted octanol–water partition coefficient (Wildman–Crippen LogP) is 5.87. The summed E-state index contributed by atoms with van der Waals surface area (Å²) in [4.78, 5) is 15.9. The summed E-state index contributed by atoms with van der Waals surface area (Å²) in [6.45, 7) is 0. The van der Waals surface area contributed by atoms with Gasteiger partial charge >= 0.3 is 0 Å². The number of allylic oxidation sites excluding steroid dienone is 1. The second-order valence-electron chi connectivity index (χ2n) is 5.68. The maximum Gasteiger partial charge on any atom is 0.188 e. The van der Waals surface area contributed by atoms with E-state index in [4.69, 9.17) is 0 Å². The minimum atomic E-state index is 0.0296. The lowest BCUT2D eigenvalue weighted by atomic mass is 10.0.